The number of rotatable bonds is 4. The monoisotopic (exact) mass is 264 g/mol. The summed E-state index contributed by atoms with van der Waals surface area (Å²) >= 11 is 0. The Balaban J connectivity index is 2.14. The molecule has 18 heavy (non-hydrogen) atoms. The second kappa shape index (κ2) is 5.40. The van der Waals surface area contributed by atoms with Gasteiger partial charge in [-0.1, -0.05) is 0 Å². The average Bonchev–Trinajstić information content (AvgIpc) is 2.90. The first-order chi connectivity index (χ1) is 8.63. The SMILES string of the molecule is N#CCCS(=O)(=O)c1ccc(N2CCCC2)cc1. The smallest absolute Gasteiger partial charge is 0.179 e. The zero-order valence-corrected chi connectivity index (χ0v) is 11.0. The molecule has 0 aliphatic carbocycles. The number of anilines is 1. The molecule has 1 aliphatic rings. The number of hydrogen-bond acceptors (Lipinski definition) is 4. The van der Waals surface area contributed by atoms with Gasteiger partial charge in [-0.15, -0.1) is 0 Å². The Morgan fingerprint density at radius 2 is 1.78 bits per heavy atom. The molecule has 2 rings (SSSR count). The molecular formula is C13H16N2O2S. The van der Waals surface area contributed by atoms with Crippen LogP contribution in [0.15, 0.2) is 29.2 Å². The van der Waals surface area contributed by atoms with Gasteiger partial charge in [0.2, 0.25) is 0 Å². The van der Waals surface area contributed by atoms with Crippen molar-refractivity contribution in [1.82, 2.24) is 0 Å². The van der Waals surface area contributed by atoms with Crippen LogP contribution >= 0.6 is 0 Å². The molecule has 0 saturated carbocycles. The Morgan fingerprint density at radius 3 is 2.33 bits per heavy atom. The van der Waals surface area contributed by atoms with Crippen molar-refractivity contribution < 1.29 is 8.42 Å². The van der Waals surface area contributed by atoms with Gasteiger partial charge in [0.05, 0.1) is 16.7 Å². The summed E-state index contributed by atoms with van der Waals surface area (Å²) in [6.45, 7) is 2.08. The van der Waals surface area contributed by atoms with Gasteiger partial charge in [0.1, 0.15) is 0 Å². The van der Waals surface area contributed by atoms with E-state index in [1.54, 1.807) is 12.1 Å². The molecule has 4 nitrogen and oxygen atoms in total. The van der Waals surface area contributed by atoms with Crippen molar-refractivity contribution in [3.8, 4) is 6.07 Å². The van der Waals surface area contributed by atoms with E-state index in [2.05, 4.69) is 4.90 Å². The number of benzene rings is 1. The molecule has 1 fully saturated rings. The molecule has 1 aliphatic heterocycles. The molecule has 0 unspecified atom stereocenters. The summed E-state index contributed by atoms with van der Waals surface area (Å²) in [5, 5.41) is 8.44. The average molecular weight is 264 g/mol. The van der Waals surface area contributed by atoms with Crippen molar-refractivity contribution >= 4 is 15.5 Å². The molecule has 1 aromatic rings. The molecule has 1 saturated heterocycles. The van der Waals surface area contributed by atoms with Gasteiger partial charge >= 0.3 is 0 Å². The number of hydrogen-bond donors (Lipinski definition) is 0. The molecule has 0 spiro atoms. The van der Waals surface area contributed by atoms with E-state index >= 15 is 0 Å². The molecule has 0 amide bonds. The highest BCUT2D eigenvalue weighted by atomic mass is 32.2. The molecule has 0 atom stereocenters. The Kier molecular flexibility index (Phi) is 3.87. The zero-order chi connectivity index (χ0) is 13.0. The second-order valence-electron chi connectivity index (χ2n) is 4.42. The lowest BCUT2D eigenvalue weighted by atomic mass is 10.3. The zero-order valence-electron chi connectivity index (χ0n) is 10.2. The fraction of sp³-hybridized carbons (Fsp3) is 0.462. The fourth-order valence-corrected chi connectivity index (χ4v) is 3.28. The van der Waals surface area contributed by atoms with Crippen LogP contribution in [0.25, 0.3) is 0 Å². The molecular weight excluding hydrogens is 248 g/mol. The largest absolute Gasteiger partial charge is 0.372 e. The maximum absolute atomic E-state index is 11.9. The van der Waals surface area contributed by atoms with E-state index in [-0.39, 0.29) is 12.2 Å². The maximum atomic E-state index is 11.9. The first-order valence-corrected chi connectivity index (χ1v) is 7.73. The van der Waals surface area contributed by atoms with E-state index in [0.29, 0.717) is 4.90 Å². The maximum Gasteiger partial charge on any atom is 0.179 e. The molecule has 5 heteroatoms. The van der Waals surface area contributed by atoms with Gasteiger partial charge in [0.15, 0.2) is 9.84 Å². The summed E-state index contributed by atoms with van der Waals surface area (Å²) in [5.41, 5.74) is 1.08. The van der Waals surface area contributed by atoms with Crippen LogP contribution in [0.1, 0.15) is 19.3 Å². The van der Waals surface area contributed by atoms with Crippen LogP contribution in [0.3, 0.4) is 0 Å². The highest BCUT2D eigenvalue weighted by Gasteiger charge is 2.16. The highest BCUT2D eigenvalue weighted by Crippen LogP contribution is 2.22. The van der Waals surface area contributed by atoms with Gasteiger partial charge < -0.3 is 4.90 Å². The lowest BCUT2D eigenvalue weighted by molar-refractivity contribution is 0.596. The van der Waals surface area contributed by atoms with Gasteiger partial charge in [-0.25, -0.2) is 8.42 Å². The molecule has 1 heterocycles. The normalized spacial score (nSPS) is 15.6. The summed E-state index contributed by atoms with van der Waals surface area (Å²) in [4.78, 5) is 2.56. The van der Waals surface area contributed by atoms with Crippen molar-refractivity contribution in [3.05, 3.63) is 24.3 Å². The van der Waals surface area contributed by atoms with Crippen molar-refractivity contribution in [2.45, 2.75) is 24.2 Å². The van der Waals surface area contributed by atoms with Gasteiger partial charge in [0.25, 0.3) is 0 Å². The lowest BCUT2D eigenvalue weighted by Gasteiger charge is -2.17. The van der Waals surface area contributed by atoms with E-state index in [1.165, 1.54) is 12.8 Å². The fourth-order valence-electron chi connectivity index (χ4n) is 2.14. The summed E-state index contributed by atoms with van der Waals surface area (Å²) in [6, 6.07) is 8.84. The van der Waals surface area contributed by atoms with E-state index in [4.69, 9.17) is 5.26 Å². The molecule has 96 valence electrons. The molecule has 0 bridgehead atoms. The Hall–Kier alpha value is -1.54. The second-order valence-corrected chi connectivity index (χ2v) is 6.52. The van der Waals surface area contributed by atoms with Gasteiger partial charge in [-0.3, -0.25) is 0 Å². The first kappa shape index (κ1) is 12.9. The van der Waals surface area contributed by atoms with Crippen LogP contribution in [-0.4, -0.2) is 27.3 Å². The highest BCUT2D eigenvalue weighted by molar-refractivity contribution is 7.91. The molecule has 0 aromatic heterocycles. The number of sulfone groups is 1. The summed E-state index contributed by atoms with van der Waals surface area (Å²) in [7, 11) is -3.30. The van der Waals surface area contributed by atoms with Crippen LogP contribution in [0.2, 0.25) is 0 Å². The predicted octanol–water partition coefficient (Wildman–Crippen LogP) is 1.97. The Bertz CT molecular complexity index is 537. The van der Waals surface area contributed by atoms with Crippen molar-refractivity contribution in [2.24, 2.45) is 0 Å². The van der Waals surface area contributed by atoms with Crippen molar-refractivity contribution in [3.63, 3.8) is 0 Å². The van der Waals surface area contributed by atoms with Crippen molar-refractivity contribution in [1.29, 1.82) is 5.26 Å². The lowest BCUT2D eigenvalue weighted by Crippen LogP contribution is -2.17. The summed E-state index contributed by atoms with van der Waals surface area (Å²) < 4.78 is 23.7. The first-order valence-electron chi connectivity index (χ1n) is 6.08. The van der Waals surface area contributed by atoms with E-state index in [1.807, 2.05) is 18.2 Å². The Morgan fingerprint density at radius 1 is 1.17 bits per heavy atom. The number of nitrogens with zero attached hydrogens (tertiary/aromatic N) is 2. The predicted molar refractivity (Wildman–Crippen MR) is 70.2 cm³/mol. The van der Waals surface area contributed by atoms with Crippen molar-refractivity contribution in [2.75, 3.05) is 23.7 Å². The summed E-state index contributed by atoms with van der Waals surface area (Å²) in [6.07, 6.45) is 2.43. The molecule has 0 radical (unpaired) electrons. The van der Waals surface area contributed by atoms with Gasteiger partial charge in [-0.05, 0) is 37.1 Å². The minimum Gasteiger partial charge on any atom is -0.372 e. The molecule has 1 aromatic carbocycles. The van der Waals surface area contributed by atoms with Crippen LogP contribution in [0.4, 0.5) is 5.69 Å². The summed E-state index contributed by atoms with van der Waals surface area (Å²) in [5.74, 6) is -0.105. The van der Waals surface area contributed by atoms with Crippen LogP contribution < -0.4 is 4.90 Å². The van der Waals surface area contributed by atoms with Crippen LogP contribution in [-0.2, 0) is 9.84 Å². The van der Waals surface area contributed by atoms with E-state index in [0.717, 1.165) is 18.8 Å². The quantitative estimate of drug-likeness (QED) is 0.834. The third-order valence-electron chi connectivity index (χ3n) is 3.15. The van der Waals surface area contributed by atoms with Crippen LogP contribution in [0, 0.1) is 11.3 Å². The standard InChI is InChI=1S/C13H16N2O2S/c14-8-3-11-18(16,17)13-6-4-12(5-7-13)15-9-1-2-10-15/h4-7H,1-3,9-11H2. The minimum atomic E-state index is -3.30. The third-order valence-corrected chi connectivity index (χ3v) is 4.88. The van der Waals surface area contributed by atoms with E-state index < -0.39 is 9.84 Å². The molecule has 0 N–H and O–H groups in total. The minimum absolute atomic E-state index is 0.0379. The number of nitriles is 1. The van der Waals surface area contributed by atoms with Gasteiger partial charge in [0, 0.05) is 25.2 Å². The van der Waals surface area contributed by atoms with E-state index in [9.17, 15) is 8.42 Å². The topological polar surface area (TPSA) is 61.2 Å². The Labute approximate surface area is 108 Å². The third kappa shape index (κ3) is 2.82. The van der Waals surface area contributed by atoms with Gasteiger partial charge in [-0.2, -0.15) is 5.26 Å². The van der Waals surface area contributed by atoms with Crippen LogP contribution in [0.5, 0.6) is 0 Å².